The van der Waals surface area contributed by atoms with E-state index in [4.69, 9.17) is 5.26 Å². The average Bonchev–Trinajstić information content (AvgIpc) is 2.65. The Bertz CT molecular complexity index is 498. The zero-order chi connectivity index (χ0) is 9.97. The minimum atomic E-state index is -0.0694. The van der Waals surface area contributed by atoms with Crippen molar-refractivity contribution in [1.29, 1.82) is 5.26 Å². The van der Waals surface area contributed by atoms with E-state index in [0.717, 1.165) is 4.68 Å². The van der Waals surface area contributed by atoms with Crippen LogP contribution >= 0.6 is 0 Å². The van der Waals surface area contributed by atoms with Gasteiger partial charge < -0.3 is 5.11 Å². The van der Waals surface area contributed by atoms with Gasteiger partial charge in [-0.15, -0.1) is 0 Å². The maximum atomic E-state index is 9.31. The minimum Gasteiger partial charge on any atom is -0.493 e. The predicted molar refractivity (Wildman–Crippen MR) is 45.5 cm³/mol. The molecule has 0 aliphatic heterocycles. The van der Waals surface area contributed by atoms with Crippen molar-refractivity contribution in [2.45, 2.75) is 0 Å². The fourth-order valence-electron chi connectivity index (χ4n) is 0.963. The van der Waals surface area contributed by atoms with E-state index in [0.29, 0.717) is 0 Å². The van der Waals surface area contributed by atoms with Crippen molar-refractivity contribution >= 4 is 0 Å². The van der Waals surface area contributed by atoms with Crippen molar-refractivity contribution in [3.8, 4) is 17.9 Å². The van der Waals surface area contributed by atoms with E-state index in [9.17, 15) is 5.11 Å². The molecule has 1 N–H and O–H groups in total. The van der Waals surface area contributed by atoms with Gasteiger partial charge in [0.15, 0.2) is 0 Å². The Morgan fingerprint density at radius 2 is 2.21 bits per heavy atom. The summed E-state index contributed by atoms with van der Waals surface area (Å²) in [4.78, 5) is 7.73. The van der Waals surface area contributed by atoms with E-state index in [1.807, 2.05) is 6.07 Å². The van der Waals surface area contributed by atoms with Gasteiger partial charge in [-0.25, -0.2) is 9.97 Å². The first-order chi connectivity index (χ1) is 6.81. The molecule has 0 spiro atoms. The zero-order valence-corrected chi connectivity index (χ0v) is 6.99. The molecule has 2 aromatic heterocycles. The third kappa shape index (κ3) is 1.27. The minimum absolute atomic E-state index is 0.0694. The van der Waals surface area contributed by atoms with E-state index in [2.05, 4.69) is 15.1 Å². The van der Waals surface area contributed by atoms with Crippen molar-refractivity contribution in [1.82, 2.24) is 19.7 Å². The van der Waals surface area contributed by atoms with E-state index in [-0.39, 0.29) is 17.5 Å². The van der Waals surface area contributed by atoms with Crippen LogP contribution in [0.25, 0.3) is 5.95 Å². The van der Waals surface area contributed by atoms with Gasteiger partial charge in [-0.1, -0.05) is 0 Å². The van der Waals surface area contributed by atoms with Crippen LogP contribution in [0.1, 0.15) is 5.69 Å². The smallest absolute Gasteiger partial charge is 0.254 e. The third-order valence-electron chi connectivity index (χ3n) is 1.57. The highest BCUT2D eigenvalue weighted by Crippen LogP contribution is 2.10. The van der Waals surface area contributed by atoms with Crippen LogP contribution in [0.3, 0.4) is 0 Å². The molecule has 68 valence electrons. The topological polar surface area (TPSA) is 87.6 Å². The summed E-state index contributed by atoms with van der Waals surface area (Å²) < 4.78 is 1.14. The molecule has 14 heavy (non-hydrogen) atoms. The molecule has 0 fully saturated rings. The lowest BCUT2D eigenvalue weighted by molar-refractivity contribution is 0.430. The Morgan fingerprint density at radius 1 is 1.36 bits per heavy atom. The molecule has 0 aliphatic rings. The third-order valence-corrected chi connectivity index (χ3v) is 1.57. The van der Waals surface area contributed by atoms with Crippen LogP contribution in [0.2, 0.25) is 0 Å². The molecule has 0 saturated heterocycles. The van der Waals surface area contributed by atoms with Crippen molar-refractivity contribution in [2.24, 2.45) is 0 Å². The molecule has 0 radical (unpaired) electrons. The summed E-state index contributed by atoms with van der Waals surface area (Å²) in [7, 11) is 0. The van der Waals surface area contributed by atoms with Gasteiger partial charge in [0.1, 0.15) is 11.8 Å². The Hall–Kier alpha value is -2.42. The normalized spacial score (nSPS) is 9.64. The first kappa shape index (κ1) is 8.19. The fourth-order valence-corrected chi connectivity index (χ4v) is 0.963. The summed E-state index contributed by atoms with van der Waals surface area (Å²) >= 11 is 0. The summed E-state index contributed by atoms with van der Waals surface area (Å²) in [6.07, 6.45) is 2.85. The summed E-state index contributed by atoms with van der Waals surface area (Å²) in [5, 5.41) is 21.7. The standard InChI is InChI=1S/C8H5N5O/c9-5-6-1-3-10-8(12-6)13-7(14)2-4-11-13/h1-4,14H. The summed E-state index contributed by atoms with van der Waals surface area (Å²) in [5.41, 5.74) is 0.227. The molecular weight excluding hydrogens is 182 g/mol. The van der Waals surface area contributed by atoms with Gasteiger partial charge in [0.2, 0.25) is 5.88 Å². The highest BCUT2D eigenvalue weighted by molar-refractivity contribution is 5.25. The highest BCUT2D eigenvalue weighted by atomic mass is 16.3. The van der Waals surface area contributed by atoms with E-state index in [1.165, 1.54) is 24.5 Å². The second-order valence-electron chi connectivity index (χ2n) is 2.45. The van der Waals surface area contributed by atoms with Crippen molar-refractivity contribution in [3.63, 3.8) is 0 Å². The molecule has 2 rings (SSSR count). The number of hydrogen-bond acceptors (Lipinski definition) is 5. The van der Waals surface area contributed by atoms with Crippen molar-refractivity contribution < 1.29 is 5.11 Å². The molecule has 0 saturated carbocycles. The maximum absolute atomic E-state index is 9.31. The van der Waals surface area contributed by atoms with Crippen LogP contribution in [-0.4, -0.2) is 24.9 Å². The van der Waals surface area contributed by atoms with Gasteiger partial charge in [-0.2, -0.15) is 15.0 Å². The summed E-state index contributed by atoms with van der Waals surface area (Å²) in [5.74, 6) is 0.103. The second kappa shape index (κ2) is 3.14. The Labute approximate surface area is 79.1 Å². The van der Waals surface area contributed by atoms with Gasteiger partial charge in [0.05, 0.1) is 6.20 Å². The van der Waals surface area contributed by atoms with Gasteiger partial charge in [0.25, 0.3) is 5.95 Å². The van der Waals surface area contributed by atoms with Crippen molar-refractivity contribution in [2.75, 3.05) is 0 Å². The largest absolute Gasteiger partial charge is 0.493 e. The molecule has 2 heterocycles. The number of hydrogen-bond donors (Lipinski definition) is 1. The van der Waals surface area contributed by atoms with Gasteiger partial charge in [-0.05, 0) is 6.07 Å². The molecule has 0 atom stereocenters. The number of nitrogens with zero attached hydrogens (tertiary/aromatic N) is 5. The van der Waals surface area contributed by atoms with E-state index < -0.39 is 0 Å². The van der Waals surface area contributed by atoms with E-state index in [1.54, 1.807) is 0 Å². The lowest BCUT2D eigenvalue weighted by Gasteiger charge is -1.99. The number of aromatic hydroxyl groups is 1. The molecule has 0 amide bonds. The second-order valence-corrected chi connectivity index (χ2v) is 2.45. The van der Waals surface area contributed by atoms with Crippen LogP contribution in [0.15, 0.2) is 24.5 Å². The number of rotatable bonds is 1. The predicted octanol–water partition coefficient (Wildman–Crippen LogP) is 0.240. The highest BCUT2D eigenvalue weighted by Gasteiger charge is 2.05. The first-order valence-electron chi connectivity index (χ1n) is 3.78. The van der Waals surface area contributed by atoms with E-state index >= 15 is 0 Å². The monoisotopic (exact) mass is 187 g/mol. The fraction of sp³-hybridized carbons (Fsp3) is 0. The number of nitriles is 1. The van der Waals surface area contributed by atoms with Gasteiger partial charge >= 0.3 is 0 Å². The Balaban J connectivity index is 2.53. The lowest BCUT2D eigenvalue weighted by atomic mass is 10.4. The average molecular weight is 187 g/mol. The van der Waals surface area contributed by atoms with Gasteiger partial charge in [0, 0.05) is 12.3 Å². The molecule has 6 nitrogen and oxygen atoms in total. The zero-order valence-electron chi connectivity index (χ0n) is 6.99. The van der Waals surface area contributed by atoms with Gasteiger partial charge in [-0.3, -0.25) is 0 Å². The number of aromatic nitrogens is 4. The SMILES string of the molecule is N#Cc1ccnc(-n2nccc2O)n1. The Kier molecular flexibility index (Phi) is 1.84. The van der Waals surface area contributed by atoms with Crippen molar-refractivity contribution in [3.05, 3.63) is 30.2 Å². The quantitative estimate of drug-likeness (QED) is 0.690. The van der Waals surface area contributed by atoms with Crippen LogP contribution in [0.4, 0.5) is 0 Å². The molecule has 6 heteroatoms. The summed E-state index contributed by atoms with van der Waals surface area (Å²) in [6, 6.07) is 4.76. The van der Waals surface area contributed by atoms with Crippen LogP contribution in [0, 0.1) is 11.3 Å². The Morgan fingerprint density at radius 3 is 2.86 bits per heavy atom. The summed E-state index contributed by atoms with van der Waals surface area (Å²) in [6.45, 7) is 0. The van der Waals surface area contributed by atoms with Crippen LogP contribution in [-0.2, 0) is 0 Å². The molecule has 0 unspecified atom stereocenters. The van der Waals surface area contributed by atoms with Crippen LogP contribution in [0.5, 0.6) is 5.88 Å². The molecule has 0 aromatic carbocycles. The maximum Gasteiger partial charge on any atom is 0.254 e. The first-order valence-corrected chi connectivity index (χ1v) is 3.78. The molecular formula is C8H5N5O. The molecule has 0 bridgehead atoms. The lowest BCUT2D eigenvalue weighted by Crippen LogP contribution is -2.02. The molecule has 2 aromatic rings. The van der Waals surface area contributed by atoms with Crippen LogP contribution < -0.4 is 0 Å². The molecule has 0 aliphatic carbocycles.